The average molecular weight is 210 g/mol. The fraction of sp³-hybridized carbons (Fsp3) is 1.00. The van der Waals surface area contributed by atoms with Crippen LogP contribution in [0.5, 0.6) is 0 Å². The average Bonchev–Trinajstić information content (AvgIpc) is 2.30. The molecule has 0 saturated heterocycles. The van der Waals surface area contributed by atoms with Gasteiger partial charge in [0.05, 0.1) is 0 Å². The molecule has 1 N–H and O–H groups in total. The van der Waals surface area contributed by atoms with E-state index in [-0.39, 0.29) is 0 Å². The van der Waals surface area contributed by atoms with Crippen molar-refractivity contribution < 1.29 is 0 Å². The summed E-state index contributed by atoms with van der Waals surface area (Å²) in [5, 5.41) is 0. The molecule has 1 saturated carbocycles. The Morgan fingerprint density at radius 1 is 0.867 bits per heavy atom. The van der Waals surface area contributed by atoms with Gasteiger partial charge in [0.15, 0.2) is 0 Å². The van der Waals surface area contributed by atoms with Crippen LogP contribution in [0.25, 0.3) is 5.73 Å². The molecule has 15 heavy (non-hydrogen) atoms. The standard InChI is InChI=1S/C14H28N/c1-2-3-4-5-6-7-13-8-10-14(12-15)11-9-13/h13-15H,2-12H2,1H3/q-1. The van der Waals surface area contributed by atoms with Crippen molar-refractivity contribution >= 4 is 0 Å². The zero-order valence-electron chi connectivity index (χ0n) is 10.4. The highest BCUT2D eigenvalue weighted by Crippen LogP contribution is 2.32. The van der Waals surface area contributed by atoms with E-state index in [9.17, 15) is 0 Å². The second-order valence-corrected chi connectivity index (χ2v) is 5.29. The molecule has 1 rings (SSSR count). The lowest BCUT2D eigenvalue weighted by Crippen LogP contribution is -2.15. The molecule has 0 spiro atoms. The highest BCUT2D eigenvalue weighted by molar-refractivity contribution is 4.75. The molecular weight excluding hydrogens is 182 g/mol. The van der Waals surface area contributed by atoms with Gasteiger partial charge in [-0.25, -0.2) is 0 Å². The van der Waals surface area contributed by atoms with Crippen LogP contribution in [0.2, 0.25) is 0 Å². The fourth-order valence-corrected chi connectivity index (χ4v) is 2.76. The summed E-state index contributed by atoms with van der Waals surface area (Å²) >= 11 is 0. The Labute approximate surface area is 95.8 Å². The zero-order valence-corrected chi connectivity index (χ0v) is 10.4. The maximum absolute atomic E-state index is 7.38. The van der Waals surface area contributed by atoms with Gasteiger partial charge in [-0.15, -0.1) is 6.54 Å². The van der Waals surface area contributed by atoms with E-state index < -0.39 is 0 Å². The molecule has 0 aromatic rings. The van der Waals surface area contributed by atoms with E-state index in [2.05, 4.69) is 6.92 Å². The van der Waals surface area contributed by atoms with Gasteiger partial charge in [0, 0.05) is 0 Å². The van der Waals surface area contributed by atoms with Gasteiger partial charge in [-0.3, -0.25) is 0 Å². The van der Waals surface area contributed by atoms with Crippen LogP contribution in [-0.4, -0.2) is 6.54 Å². The van der Waals surface area contributed by atoms with Crippen molar-refractivity contribution in [2.75, 3.05) is 6.54 Å². The molecule has 1 nitrogen and oxygen atoms in total. The van der Waals surface area contributed by atoms with E-state index >= 15 is 0 Å². The maximum atomic E-state index is 7.38. The van der Waals surface area contributed by atoms with E-state index in [1.807, 2.05) is 0 Å². The molecule has 1 aliphatic rings. The minimum atomic E-state index is 0.670. The second kappa shape index (κ2) is 8.15. The quantitative estimate of drug-likeness (QED) is 0.515. The normalized spacial score (nSPS) is 26.8. The largest absolute Gasteiger partial charge is 0.677 e. The molecular formula is C14H28N-. The Bertz CT molecular complexity index is 136. The lowest BCUT2D eigenvalue weighted by atomic mass is 9.80. The van der Waals surface area contributed by atoms with E-state index in [1.165, 1.54) is 64.2 Å². The first kappa shape index (κ1) is 13.0. The van der Waals surface area contributed by atoms with Crippen molar-refractivity contribution in [3.8, 4) is 0 Å². The summed E-state index contributed by atoms with van der Waals surface area (Å²) in [4.78, 5) is 0. The SMILES string of the molecule is CCCCCCCC1CCC(C[NH-])CC1. The smallest absolute Gasteiger partial charge is 0.0414 e. The molecule has 0 bridgehead atoms. The van der Waals surface area contributed by atoms with E-state index in [0.29, 0.717) is 6.54 Å². The monoisotopic (exact) mass is 210 g/mol. The summed E-state index contributed by atoms with van der Waals surface area (Å²) in [5.74, 6) is 1.75. The van der Waals surface area contributed by atoms with Gasteiger partial charge in [-0.05, 0) is 5.92 Å². The number of nitrogens with one attached hydrogen (secondary N) is 1. The van der Waals surface area contributed by atoms with Gasteiger partial charge < -0.3 is 5.73 Å². The maximum Gasteiger partial charge on any atom is -0.0414 e. The number of hydrogen-bond donors (Lipinski definition) is 0. The number of hydrogen-bond acceptors (Lipinski definition) is 0. The highest BCUT2D eigenvalue weighted by Gasteiger charge is 2.17. The van der Waals surface area contributed by atoms with Crippen LogP contribution in [0.15, 0.2) is 0 Å². The predicted octanol–water partition coefficient (Wildman–Crippen LogP) is 5.21. The van der Waals surface area contributed by atoms with Crippen LogP contribution in [0, 0.1) is 11.8 Å². The van der Waals surface area contributed by atoms with E-state index in [1.54, 1.807) is 0 Å². The molecule has 0 aromatic carbocycles. The summed E-state index contributed by atoms with van der Waals surface area (Å²) in [7, 11) is 0. The Kier molecular flexibility index (Phi) is 7.08. The third kappa shape index (κ3) is 5.55. The molecule has 0 unspecified atom stereocenters. The topological polar surface area (TPSA) is 23.8 Å². The van der Waals surface area contributed by atoms with Crippen molar-refractivity contribution in [1.29, 1.82) is 0 Å². The highest BCUT2D eigenvalue weighted by atomic mass is 14.5. The van der Waals surface area contributed by atoms with Crippen LogP contribution in [0.3, 0.4) is 0 Å². The Morgan fingerprint density at radius 3 is 2.07 bits per heavy atom. The third-order valence-corrected chi connectivity index (χ3v) is 3.97. The number of unbranched alkanes of at least 4 members (excludes halogenated alkanes) is 4. The lowest BCUT2D eigenvalue weighted by molar-refractivity contribution is 0.269. The van der Waals surface area contributed by atoms with Crippen molar-refractivity contribution in [2.45, 2.75) is 71.1 Å². The zero-order chi connectivity index (χ0) is 10.9. The third-order valence-electron chi connectivity index (χ3n) is 3.97. The Hall–Kier alpha value is -0.0400. The van der Waals surface area contributed by atoms with Crippen molar-refractivity contribution in [3.05, 3.63) is 5.73 Å². The number of rotatable bonds is 7. The minimum absolute atomic E-state index is 0.670. The molecule has 0 heterocycles. The van der Waals surface area contributed by atoms with Gasteiger partial charge in [0.2, 0.25) is 0 Å². The van der Waals surface area contributed by atoms with Crippen LogP contribution >= 0.6 is 0 Å². The molecule has 1 aliphatic carbocycles. The molecule has 1 fully saturated rings. The summed E-state index contributed by atoms with van der Waals surface area (Å²) in [6.07, 6.45) is 14.1. The van der Waals surface area contributed by atoms with E-state index in [0.717, 1.165) is 11.8 Å². The van der Waals surface area contributed by atoms with Crippen molar-refractivity contribution in [2.24, 2.45) is 11.8 Å². The molecule has 90 valence electrons. The van der Waals surface area contributed by atoms with Crippen LogP contribution in [0.4, 0.5) is 0 Å². The fourth-order valence-electron chi connectivity index (χ4n) is 2.76. The van der Waals surface area contributed by atoms with Gasteiger partial charge in [-0.2, -0.15) is 0 Å². The first-order valence-corrected chi connectivity index (χ1v) is 7.01. The Balaban J connectivity index is 1.94. The lowest BCUT2D eigenvalue weighted by Gasteiger charge is -2.29. The van der Waals surface area contributed by atoms with Crippen LogP contribution < -0.4 is 0 Å². The van der Waals surface area contributed by atoms with Gasteiger partial charge in [0.25, 0.3) is 0 Å². The molecule has 0 radical (unpaired) electrons. The van der Waals surface area contributed by atoms with Crippen LogP contribution in [0.1, 0.15) is 71.1 Å². The molecule has 0 amide bonds. The molecule has 1 heteroatoms. The molecule has 0 aromatic heterocycles. The van der Waals surface area contributed by atoms with Crippen molar-refractivity contribution in [3.63, 3.8) is 0 Å². The van der Waals surface area contributed by atoms with Gasteiger partial charge in [-0.1, -0.05) is 77.0 Å². The molecule has 0 atom stereocenters. The van der Waals surface area contributed by atoms with Crippen molar-refractivity contribution in [1.82, 2.24) is 0 Å². The summed E-state index contributed by atoms with van der Waals surface area (Å²) in [5.41, 5.74) is 7.38. The first-order chi connectivity index (χ1) is 7.36. The molecule has 0 aliphatic heterocycles. The van der Waals surface area contributed by atoms with Crippen LogP contribution in [-0.2, 0) is 0 Å². The van der Waals surface area contributed by atoms with Gasteiger partial charge >= 0.3 is 0 Å². The summed E-state index contributed by atoms with van der Waals surface area (Å²) in [6.45, 7) is 2.95. The Morgan fingerprint density at radius 2 is 1.47 bits per heavy atom. The predicted molar refractivity (Wildman–Crippen MR) is 68.0 cm³/mol. The minimum Gasteiger partial charge on any atom is -0.677 e. The van der Waals surface area contributed by atoms with Gasteiger partial charge in [0.1, 0.15) is 0 Å². The summed E-state index contributed by atoms with van der Waals surface area (Å²) < 4.78 is 0. The first-order valence-electron chi connectivity index (χ1n) is 7.01. The summed E-state index contributed by atoms with van der Waals surface area (Å²) in [6, 6.07) is 0. The second-order valence-electron chi connectivity index (χ2n) is 5.29. The van der Waals surface area contributed by atoms with E-state index in [4.69, 9.17) is 5.73 Å².